The first-order chi connectivity index (χ1) is 9.01. The SMILES string of the molecule is CNC(=S)NNC(=O)CC(=O)Nc1ccc(C)cc1. The first kappa shape index (κ1) is 14.9. The van der Waals surface area contributed by atoms with Gasteiger partial charge in [0.1, 0.15) is 6.42 Å². The van der Waals surface area contributed by atoms with Crippen LogP contribution in [0.15, 0.2) is 24.3 Å². The molecule has 19 heavy (non-hydrogen) atoms. The van der Waals surface area contributed by atoms with Crippen LogP contribution in [0, 0.1) is 6.92 Å². The van der Waals surface area contributed by atoms with E-state index in [0.29, 0.717) is 5.69 Å². The van der Waals surface area contributed by atoms with Crippen molar-refractivity contribution in [3.63, 3.8) is 0 Å². The quantitative estimate of drug-likeness (QED) is 0.367. The molecule has 0 unspecified atom stereocenters. The molecule has 0 saturated heterocycles. The third-order valence-corrected chi connectivity index (χ3v) is 2.51. The Bertz CT molecular complexity index is 473. The number of thiocarbonyl (C=S) groups is 1. The van der Waals surface area contributed by atoms with Crippen LogP contribution in [0.5, 0.6) is 0 Å². The molecule has 0 saturated carbocycles. The molecule has 0 spiro atoms. The first-order valence-corrected chi connectivity index (χ1v) is 6.05. The number of carbonyl (C=O) groups excluding carboxylic acids is 2. The Morgan fingerprint density at radius 3 is 2.32 bits per heavy atom. The maximum absolute atomic E-state index is 11.6. The van der Waals surface area contributed by atoms with Gasteiger partial charge >= 0.3 is 0 Å². The number of nitrogens with one attached hydrogen (secondary N) is 4. The molecular weight excluding hydrogens is 264 g/mol. The van der Waals surface area contributed by atoms with Crippen LogP contribution >= 0.6 is 12.2 Å². The van der Waals surface area contributed by atoms with Crippen molar-refractivity contribution in [1.82, 2.24) is 16.2 Å². The monoisotopic (exact) mass is 280 g/mol. The number of amides is 2. The Kier molecular flexibility index (Phi) is 5.74. The zero-order valence-electron chi connectivity index (χ0n) is 10.7. The van der Waals surface area contributed by atoms with Gasteiger partial charge in [0.05, 0.1) is 0 Å². The van der Waals surface area contributed by atoms with Crippen LogP contribution in [-0.2, 0) is 9.59 Å². The van der Waals surface area contributed by atoms with Crippen molar-refractivity contribution in [2.24, 2.45) is 0 Å². The van der Waals surface area contributed by atoms with Crippen molar-refractivity contribution in [1.29, 1.82) is 0 Å². The molecule has 0 atom stereocenters. The molecule has 0 aliphatic rings. The minimum atomic E-state index is -0.470. The van der Waals surface area contributed by atoms with Crippen molar-refractivity contribution in [2.45, 2.75) is 13.3 Å². The number of carbonyl (C=O) groups is 2. The van der Waals surface area contributed by atoms with Crippen LogP contribution in [0.3, 0.4) is 0 Å². The summed E-state index contributed by atoms with van der Waals surface area (Å²) >= 11 is 4.77. The lowest BCUT2D eigenvalue weighted by Crippen LogP contribution is -2.46. The minimum absolute atomic E-state index is 0.271. The molecule has 0 aromatic heterocycles. The normalized spacial score (nSPS) is 9.37. The Morgan fingerprint density at radius 1 is 1.11 bits per heavy atom. The number of hydrazine groups is 1. The number of hydrogen-bond donors (Lipinski definition) is 4. The van der Waals surface area contributed by atoms with Gasteiger partial charge in [-0.15, -0.1) is 0 Å². The highest BCUT2D eigenvalue weighted by molar-refractivity contribution is 7.80. The van der Waals surface area contributed by atoms with Crippen LogP contribution in [-0.4, -0.2) is 24.0 Å². The summed E-state index contributed by atoms with van der Waals surface area (Å²) < 4.78 is 0. The van der Waals surface area contributed by atoms with Crippen LogP contribution < -0.4 is 21.5 Å². The zero-order chi connectivity index (χ0) is 14.3. The summed E-state index contributed by atoms with van der Waals surface area (Å²) in [6, 6.07) is 7.31. The van der Waals surface area contributed by atoms with Crippen molar-refractivity contribution in [3.8, 4) is 0 Å². The fraction of sp³-hybridized carbons (Fsp3) is 0.250. The highest BCUT2D eigenvalue weighted by Crippen LogP contribution is 2.08. The Labute approximate surface area is 116 Å². The molecule has 6 nitrogen and oxygen atoms in total. The highest BCUT2D eigenvalue weighted by Gasteiger charge is 2.09. The van der Waals surface area contributed by atoms with Crippen molar-refractivity contribution in [2.75, 3.05) is 12.4 Å². The molecule has 0 aliphatic carbocycles. The summed E-state index contributed by atoms with van der Waals surface area (Å²) in [4.78, 5) is 23.0. The lowest BCUT2D eigenvalue weighted by molar-refractivity contribution is -0.127. The van der Waals surface area contributed by atoms with E-state index in [4.69, 9.17) is 12.2 Å². The third-order valence-electron chi connectivity index (χ3n) is 2.20. The molecule has 0 radical (unpaired) electrons. The molecule has 1 rings (SSSR count). The van der Waals surface area contributed by atoms with E-state index in [1.807, 2.05) is 19.1 Å². The van der Waals surface area contributed by atoms with Gasteiger partial charge in [-0.05, 0) is 31.3 Å². The summed E-state index contributed by atoms with van der Waals surface area (Å²) in [5, 5.41) is 5.52. The topological polar surface area (TPSA) is 82.3 Å². The molecule has 1 aromatic rings. The predicted octanol–water partition coefficient (Wildman–Crippen LogP) is 0.449. The Hall–Kier alpha value is -2.15. The van der Waals surface area contributed by atoms with E-state index in [1.165, 1.54) is 0 Å². The van der Waals surface area contributed by atoms with E-state index >= 15 is 0 Å². The maximum atomic E-state index is 11.6. The van der Waals surface area contributed by atoms with Gasteiger partial charge in [-0.3, -0.25) is 20.4 Å². The number of rotatable bonds is 3. The number of aryl methyl sites for hydroxylation is 1. The molecule has 2 amide bonds. The predicted molar refractivity (Wildman–Crippen MR) is 77.4 cm³/mol. The van der Waals surface area contributed by atoms with Crippen LogP contribution in [0.2, 0.25) is 0 Å². The number of hydrogen-bond acceptors (Lipinski definition) is 3. The number of benzene rings is 1. The first-order valence-electron chi connectivity index (χ1n) is 5.64. The summed E-state index contributed by atoms with van der Waals surface area (Å²) in [6.07, 6.45) is -0.285. The van der Waals surface area contributed by atoms with Crippen molar-refractivity contribution >= 4 is 34.8 Å². The second-order valence-electron chi connectivity index (χ2n) is 3.84. The molecule has 4 N–H and O–H groups in total. The molecule has 1 aromatic carbocycles. The standard InChI is InChI=1S/C12H16N4O2S/c1-8-3-5-9(6-4-8)14-10(17)7-11(18)15-16-12(19)13-2/h3-6H,7H2,1-2H3,(H,14,17)(H,15,18)(H2,13,16,19). The summed E-state index contributed by atoms with van der Waals surface area (Å²) in [7, 11) is 1.62. The van der Waals surface area contributed by atoms with Gasteiger partial charge in [0.25, 0.3) is 0 Å². The van der Waals surface area contributed by atoms with Crippen molar-refractivity contribution < 1.29 is 9.59 Å². The minimum Gasteiger partial charge on any atom is -0.364 e. The van der Waals surface area contributed by atoms with Gasteiger partial charge in [0.2, 0.25) is 11.8 Å². The van der Waals surface area contributed by atoms with Crippen LogP contribution in [0.25, 0.3) is 0 Å². The Balaban J connectivity index is 2.36. The average Bonchev–Trinajstić information content (AvgIpc) is 2.38. The van der Waals surface area contributed by atoms with Gasteiger partial charge in [0.15, 0.2) is 5.11 Å². The average molecular weight is 280 g/mol. The van der Waals surface area contributed by atoms with Gasteiger partial charge in [-0.2, -0.15) is 0 Å². The van der Waals surface area contributed by atoms with E-state index in [0.717, 1.165) is 5.56 Å². The van der Waals surface area contributed by atoms with Gasteiger partial charge in [0, 0.05) is 12.7 Å². The van der Waals surface area contributed by atoms with Gasteiger partial charge in [-0.25, -0.2) is 0 Å². The lowest BCUT2D eigenvalue weighted by Gasteiger charge is -2.09. The largest absolute Gasteiger partial charge is 0.364 e. The molecular formula is C12H16N4O2S. The smallest absolute Gasteiger partial charge is 0.247 e. The highest BCUT2D eigenvalue weighted by atomic mass is 32.1. The van der Waals surface area contributed by atoms with Crippen LogP contribution in [0.4, 0.5) is 5.69 Å². The molecule has 0 aliphatic heterocycles. The molecule has 0 bridgehead atoms. The third kappa shape index (κ3) is 5.82. The maximum Gasteiger partial charge on any atom is 0.247 e. The summed E-state index contributed by atoms with van der Waals surface area (Å²) in [5.74, 6) is -0.860. The Morgan fingerprint density at radius 2 is 1.74 bits per heavy atom. The lowest BCUT2D eigenvalue weighted by atomic mass is 10.2. The summed E-state index contributed by atoms with van der Waals surface area (Å²) in [5.41, 5.74) is 6.51. The van der Waals surface area contributed by atoms with E-state index in [-0.39, 0.29) is 11.5 Å². The van der Waals surface area contributed by atoms with Gasteiger partial charge in [-0.1, -0.05) is 17.7 Å². The van der Waals surface area contributed by atoms with Gasteiger partial charge < -0.3 is 10.6 Å². The fourth-order valence-corrected chi connectivity index (χ4v) is 1.27. The molecule has 7 heteroatoms. The van der Waals surface area contributed by atoms with Crippen LogP contribution in [0.1, 0.15) is 12.0 Å². The van der Waals surface area contributed by atoms with E-state index < -0.39 is 11.8 Å². The molecule has 0 heterocycles. The molecule has 102 valence electrons. The fourth-order valence-electron chi connectivity index (χ4n) is 1.22. The van der Waals surface area contributed by atoms with E-state index in [1.54, 1.807) is 19.2 Å². The second kappa shape index (κ2) is 7.32. The molecule has 0 fully saturated rings. The zero-order valence-corrected chi connectivity index (χ0v) is 11.6. The second-order valence-corrected chi connectivity index (χ2v) is 4.25. The van der Waals surface area contributed by atoms with Crippen molar-refractivity contribution in [3.05, 3.63) is 29.8 Å². The van der Waals surface area contributed by atoms with E-state index in [9.17, 15) is 9.59 Å². The summed E-state index contributed by atoms with van der Waals surface area (Å²) in [6.45, 7) is 1.95. The number of anilines is 1. The van der Waals surface area contributed by atoms with E-state index in [2.05, 4.69) is 21.5 Å².